The van der Waals surface area contributed by atoms with E-state index >= 15 is 0 Å². The van der Waals surface area contributed by atoms with E-state index in [4.69, 9.17) is 4.42 Å². The van der Waals surface area contributed by atoms with Crippen molar-refractivity contribution >= 4 is 10.8 Å². The van der Waals surface area contributed by atoms with Gasteiger partial charge in [-0.3, -0.25) is 0 Å². The maximum absolute atomic E-state index is 6.07. The Morgan fingerprint density at radius 2 is 1.00 bits per heavy atom. The lowest BCUT2D eigenvalue weighted by molar-refractivity contribution is 0.597. The summed E-state index contributed by atoms with van der Waals surface area (Å²) in [7, 11) is 0. The third kappa shape index (κ3) is 2.94. The fourth-order valence-corrected chi connectivity index (χ4v) is 3.54. The topological polar surface area (TPSA) is 13.1 Å². The van der Waals surface area contributed by atoms with Crippen LogP contribution in [0.2, 0.25) is 0 Å². The van der Waals surface area contributed by atoms with Gasteiger partial charge in [-0.1, -0.05) is 97.1 Å². The highest BCUT2D eigenvalue weighted by atomic mass is 16.3. The SMILES string of the molecule is c1ccc(-c2ccc(-c3ccc(-c4cccc5ccccc45)cc3)o2)cc1. The van der Waals surface area contributed by atoms with E-state index in [1.54, 1.807) is 0 Å². The number of hydrogen-bond acceptors (Lipinski definition) is 1. The Bertz CT molecular complexity index is 1190. The van der Waals surface area contributed by atoms with Crippen molar-refractivity contribution in [2.24, 2.45) is 0 Å². The lowest BCUT2D eigenvalue weighted by atomic mass is 9.97. The van der Waals surface area contributed by atoms with Gasteiger partial charge in [0.2, 0.25) is 0 Å². The van der Waals surface area contributed by atoms with Crippen LogP contribution in [0.25, 0.3) is 44.5 Å². The molecule has 0 radical (unpaired) electrons. The number of rotatable bonds is 3. The maximum atomic E-state index is 6.07. The molecule has 5 aromatic rings. The fraction of sp³-hybridized carbons (Fsp3) is 0. The molecule has 1 heterocycles. The summed E-state index contributed by atoms with van der Waals surface area (Å²) in [5, 5.41) is 2.54. The average molecular weight is 346 g/mol. The number of furan rings is 1. The first kappa shape index (κ1) is 15.7. The second-order valence-corrected chi connectivity index (χ2v) is 6.63. The predicted octanol–water partition coefficient (Wildman–Crippen LogP) is 7.43. The molecule has 0 atom stereocenters. The fourth-order valence-electron chi connectivity index (χ4n) is 3.54. The van der Waals surface area contributed by atoms with Crippen molar-refractivity contribution in [1.82, 2.24) is 0 Å². The molecule has 0 aliphatic heterocycles. The summed E-state index contributed by atoms with van der Waals surface area (Å²) in [4.78, 5) is 0. The molecular formula is C26H18O. The largest absolute Gasteiger partial charge is 0.456 e. The van der Waals surface area contributed by atoms with E-state index in [0.717, 1.165) is 22.6 Å². The van der Waals surface area contributed by atoms with Gasteiger partial charge in [-0.25, -0.2) is 0 Å². The second kappa shape index (κ2) is 6.62. The van der Waals surface area contributed by atoms with Crippen LogP contribution in [0.3, 0.4) is 0 Å². The van der Waals surface area contributed by atoms with Crippen LogP contribution in [0.4, 0.5) is 0 Å². The highest BCUT2D eigenvalue weighted by Gasteiger charge is 2.08. The van der Waals surface area contributed by atoms with Gasteiger partial charge in [0.05, 0.1) is 0 Å². The first-order chi connectivity index (χ1) is 13.4. The molecule has 0 N–H and O–H groups in total. The van der Waals surface area contributed by atoms with E-state index < -0.39 is 0 Å². The summed E-state index contributed by atoms with van der Waals surface area (Å²) in [5.41, 5.74) is 4.65. The van der Waals surface area contributed by atoms with Crippen molar-refractivity contribution in [3.8, 4) is 33.8 Å². The zero-order valence-electron chi connectivity index (χ0n) is 14.8. The first-order valence-corrected chi connectivity index (χ1v) is 9.12. The van der Waals surface area contributed by atoms with Crippen LogP contribution in [-0.4, -0.2) is 0 Å². The molecule has 0 unspecified atom stereocenters. The van der Waals surface area contributed by atoms with Gasteiger partial charge < -0.3 is 4.42 Å². The minimum atomic E-state index is 0.887. The molecule has 4 aromatic carbocycles. The van der Waals surface area contributed by atoms with Gasteiger partial charge in [-0.2, -0.15) is 0 Å². The summed E-state index contributed by atoms with van der Waals surface area (Å²) in [6.45, 7) is 0. The van der Waals surface area contributed by atoms with E-state index in [1.807, 2.05) is 30.3 Å². The van der Waals surface area contributed by atoms with Crippen molar-refractivity contribution < 1.29 is 4.42 Å². The molecule has 1 heteroatoms. The molecular weight excluding hydrogens is 328 g/mol. The average Bonchev–Trinajstić information content (AvgIpc) is 3.24. The standard InChI is InChI=1S/C26H18O/c1-2-8-21(9-3-1)25-17-18-26(27-25)22-15-13-20(14-16-22)24-12-6-10-19-7-4-5-11-23(19)24/h1-18H. The highest BCUT2D eigenvalue weighted by Crippen LogP contribution is 2.32. The maximum Gasteiger partial charge on any atom is 0.134 e. The molecule has 128 valence electrons. The smallest absolute Gasteiger partial charge is 0.134 e. The summed E-state index contributed by atoms with van der Waals surface area (Å²) < 4.78 is 6.07. The van der Waals surface area contributed by atoms with Crippen molar-refractivity contribution in [2.45, 2.75) is 0 Å². The monoisotopic (exact) mass is 346 g/mol. The molecule has 0 spiro atoms. The third-order valence-electron chi connectivity index (χ3n) is 4.93. The normalized spacial score (nSPS) is 11.0. The van der Waals surface area contributed by atoms with Crippen LogP contribution in [0.5, 0.6) is 0 Å². The quantitative estimate of drug-likeness (QED) is 0.331. The molecule has 0 saturated carbocycles. The van der Waals surface area contributed by atoms with Crippen molar-refractivity contribution in [1.29, 1.82) is 0 Å². The van der Waals surface area contributed by atoms with Crippen molar-refractivity contribution in [2.75, 3.05) is 0 Å². The summed E-state index contributed by atoms with van der Waals surface area (Å²) in [6, 6.07) is 37.8. The van der Waals surface area contributed by atoms with Gasteiger partial charge in [-0.15, -0.1) is 0 Å². The molecule has 0 fully saturated rings. The molecule has 0 amide bonds. The molecule has 27 heavy (non-hydrogen) atoms. The molecule has 5 rings (SSSR count). The zero-order valence-corrected chi connectivity index (χ0v) is 14.8. The first-order valence-electron chi connectivity index (χ1n) is 9.12. The summed E-state index contributed by atoms with van der Waals surface area (Å²) in [5.74, 6) is 1.78. The van der Waals surface area contributed by atoms with E-state index in [2.05, 4.69) is 78.9 Å². The summed E-state index contributed by atoms with van der Waals surface area (Å²) >= 11 is 0. The predicted molar refractivity (Wildman–Crippen MR) is 113 cm³/mol. The van der Waals surface area contributed by atoms with Gasteiger partial charge in [0.1, 0.15) is 11.5 Å². The zero-order chi connectivity index (χ0) is 18.1. The lowest BCUT2D eigenvalue weighted by Gasteiger charge is -2.07. The Kier molecular flexibility index (Phi) is 3.84. The Labute approximate surface area is 158 Å². The van der Waals surface area contributed by atoms with Gasteiger partial charge in [-0.05, 0) is 34.0 Å². The number of hydrogen-bond donors (Lipinski definition) is 0. The minimum Gasteiger partial charge on any atom is -0.456 e. The van der Waals surface area contributed by atoms with Crippen LogP contribution in [0, 0.1) is 0 Å². The van der Waals surface area contributed by atoms with Crippen LogP contribution in [0.15, 0.2) is 114 Å². The van der Waals surface area contributed by atoms with E-state index in [0.29, 0.717) is 0 Å². The van der Waals surface area contributed by atoms with Gasteiger partial charge in [0, 0.05) is 11.1 Å². The van der Waals surface area contributed by atoms with Crippen LogP contribution >= 0.6 is 0 Å². The number of benzene rings is 4. The van der Waals surface area contributed by atoms with E-state index in [1.165, 1.54) is 21.9 Å². The van der Waals surface area contributed by atoms with Crippen molar-refractivity contribution in [3.63, 3.8) is 0 Å². The van der Waals surface area contributed by atoms with Crippen LogP contribution in [0.1, 0.15) is 0 Å². The Morgan fingerprint density at radius 1 is 0.407 bits per heavy atom. The molecule has 0 aliphatic rings. The molecule has 0 aliphatic carbocycles. The minimum absolute atomic E-state index is 0.887. The lowest BCUT2D eigenvalue weighted by Crippen LogP contribution is -1.82. The molecule has 0 saturated heterocycles. The Morgan fingerprint density at radius 3 is 1.78 bits per heavy atom. The molecule has 1 nitrogen and oxygen atoms in total. The highest BCUT2D eigenvalue weighted by molar-refractivity contribution is 5.96. The second-order valence-electron chi connectivity index (χ2n) is 6.63. The summed E-state index contributed by atoms with van der Waals surface area (Å²) in [6.07, 6.45) is 0. The van der Waals surface area contributed by atoms with Crippen LogP contribution in [-0.2, 0) is 0 Å². The van der Waals surface area contributed by atoms with Gasteiger partial charge in [0.25, 0.3) is 0 Å². The van der Waals surface area contributed by atoms with Gasteiger partial charge in [0.15, 0.2) is 0 Å². The molecule has 1 aromatic heterocycles. The van der Waals surface area contributed by atoms with Crippen molar-refractivity contribution in [3.05, 3.63) is 109 Å². The number of fused-ring (bicyclic) bond motifs is 1. The third-order valence-corrected chi connectivity index (χ3v) is 4.93. The van der Waals surface area contributed by atoms with E-state index in [-0.39, 0.29) is 0 Å². The van der Waals surface area contributed by atoms with Crippen LogP contribution < -0.4 is 0 Å². The Balaban J connectivity index is 1.50. The molecule has 0 bridgehead atoms. The van der Waals surface area contributed by atoms with E-state index in [9.17, 15) is 0 Å². The Hall–Kier alpha value is -3.58. The van der Waals surface area contributed by atoms with Gasteiger partial charge >= 0.3 is 0 Å².